The van der Waals surface area contributed by atoms with Crippen molar-refractivity contribution < 1.29 is 19.1 Å². The van der Waals surface area contributed by atoms with E-state index in [0.717, 1.165) is 24.2 Å². The highest BCUT2D eigenvalue weighted by molar-refractivity contribution is 5.72. The lowest BCUT2D eigenvalue weighted by Crippen LogP contribution is -2.44. The van der Waals surface area contributed by atoms with Gasteiger partial charge in [0.15, 0.2) is 11.0 Å². The van der Waals surface area contributed by atoms with Gasteiger partial charge in [-0.15, -0.1) is 0 Å². The van der Waals surface area contributed by atoms with Crippen LogP contribution in [0.2, 0.25) is 0 Å². The average molecular weight is 355 g/mol. The Balaban J connectivity index is 1.77. The van der Waals surface area contributed by atoms with Gasteiger partial charge >= 0.3 is 0 Å². The molecule has 0 spiro atoms. The third-order valence-electron chi connectivity index (χ3n) is 4.60. The molecule has 0 saturated heterocycles. The summed E-state index contributed by atoms with van der Waals surface area (Å²) in [7, 11) is 1.63. The van der Waals surface area contributed by atoms with E-state index in [1.165, 1.54) is 11.3 Å². The molecule has 5 heteroatoms. The van der Waals surface area contributed by atoms with Gasteiger partial charge in [0.05, 0.1) is 13.7 Å². The third kappa shape index (κ3) is 3.68. The van der Waals surface area contributed by atoms with Gasteiger partial charge in [-0.3, -0.25) is 0 Å². The van der Waals surface area contributed by atoms with E-state index in [1.807, 2.05) is 30.3 Å². The summed E-state index contributed by atoms with van der Waals surface area (Å²) in [5.74, 6) is 2.65. The maximum Gasteiger partial charge on any atom is 0.257 e. The van der Waals surface area contributed by atoms with Crippen molar-refractivity contribution in [2.45, 2.75) is 39.5 Å². The first-order valence-corrected chi connectivity index (χ1v) is 9.12. The summed E-state index contributed by atoms with van der Waals surface area (Å²) in [4.78, 5) is 0. The van der Waals surface area contributed by atoms with Crippen LogP contribution in [0.4, 0.5) is 0 Å². The number of aromatic nitrogens is 2. The molecular formula is C21H27N2O3+. The first kappa shape index (κ1) is 18.3. The Labute approximate surface area is 154 Å². The average Bonchev–Trinajstić information content (AvgIpc) is 2.99. The smallest absolute Gasteiger partial charge is 0.257 e. The molecule has 138 valence electrons. The molecule has 0 radical (unpaired) electrons. The largest absolute Gasteiger partial charge is 0.497 e. The van der Waals surface area contributed by atoms with E-state index in [1.54, 1.807) is 7.11 Å². The highest BCUT2D eigenvalue weighted by Gasteiger charge is 2.24. The number of methoxy groups -OCH3 is 1. The molecule has 1 N–H and O–H groups in total. The summed E-state index contributed by atoms with van der Waals surface area (Å²) in [6.07, 6.45) is 0.305. The van der Waals surface area contributed by atoms with Gasteiger partial charge in [-0.25, -0.2) is 9.13 Å². The van der Waals surface area contributed by atoms with E-state index >= 15 is 0 Å². The second kappa shape index (κ2) is 8.23. The molecule has 0 aliphatic rings. The Hall–Kier alpha value is -2.53. The monoisotopic (exact) mass is 355 g/mol. The van der Waals surface area contributed by atoms with E-state index in [4.69, 9.17) is 9.47 Å². The minimum Gasteiger partial charge on any atom is -0.497 e. The molecule has 0 aliphatic heterocycles. The van der Waals surface area contributed by atoms with E-state index in [0.29, 0.717) is 12.3 Å². The topological polar surface area (TPSA) is 47.5 Å². The normalized spacial score (nSPS) is 12.3. The number of nitrogens with zero attached hydrogens (tertiary/aromatic N) is 2. The lowest BCUT2D eigenvalue weighted by Gasteiger charge is -2.12. The van der Waals surface area contributed by atoms with Gasteiger partial charge in [0.2, 0.25) is 0 Å². The van der Waals surface area contributed by atoms with Crippen LogP contribution in [0.3, 0.4) is 0 Å². The van der Waals surface area contributed by atoms with Gasteiger partial charge in [-0.2, -0.15) is 0 Å². The summed E-state index contributed by atoms with van der Waals surface area (Å²) in [6.45, 7) is 5.94. The fraction of sp³-hybridized carbons (Fsp3) is 0.381. The predicted octanol–water partition coefficient (Wildman–Crippen LogP) is 2.96. The fourth-order valence-corrected chi connectivity index (χ4v) is 3.43. The SMILES string of the molecule is CCc1n(CC)c2ccccc2[n+]1C[C@H](O)COc1cccc(OC)c1. The van der Waals surface area contributed by atoms with E-state index < -0.39 is 6.10 Å². The highest BCUT2D eigenvalue weighted by atomic mass is 16.5. The zero-order valence-corrected chi connectivity index (χ0v) is 15.7. The Morgan fingerprint density at radius 3 is 2.58 bits per heavy atom. The minimum absolute atomic E-state index is 0.231. The molecule has 26 heavy (non-hydrogen) atoms. The zero-order valence-electron chi connectivity index (χ0n) is 15.7. The lowest BCUT2D eigenvalue weighted by molar-refractivity contribution is -0.686. The number of benzene rings is 2. The van der Waals surface area contributed by atoms with Gasteiger partial charge < -0.3 is 14.6 Å². The molecule has 0 unspecified atom stereocenters. The zero-order chi connectivity index (χ0) is 18.5. The standard InChI is InChI=1S/C21H27N2O3/c1-4-21-22(5-2)19-11-6-7-12-20(19)23(21)14-16(24)15-26-18-10-8-9-17(13-18)25-3/h6-13,16,24H,4-5,14-15H2,1-3H3/q+1/t16-/m0/s1. The molecule has 1 aromatic heterocycles. The molecule has 2 aromatic carbocycles. The van der Waals surface area contributed by atoms with Crippen molar-refractivity contribution in [3.8, 4) is 11.5 Å². The summed E-state index contributed by atoms with van der Waals surface area (Å²) < 4.78 is 15.5. The van der Waals surface area contributed by atoms with Crippen molar-refractivity contribution in [1.29, 1.82) is 0 Å². The highest BCUT2D eigenvalue weighted by Crippen LogP contribution is 2.19. The summed E-state index contributed by atoms with van der Waals surface area (Å²) >= 11 is 0. The van der Waals surface area contributed by atoms with Crippen LogP contribution in [-0.4, -0.2) is 29.5 Å². The molecule has 0 fully saturated rings. The first-order chi connectivity index (χ1) is 12.7. The third-order valence-corrected chi connectivity index (χ3v) is 4.60. The molecule has 0 aliphatic carbocycles. The maximum atomic E-state index is 10.6. The molecule has 3 aromatic rings. The molecule has 3 rings (SSSR count). The van der Waals surface area contributed by atoms with Crippen LogP contribution >= 0.6 is 0 Å². The number of ether oxygens (including phenoxy) is 2. The molecule has 1 atom stereocenters. The van der Waals surface area contributed by atoms with Crippen LogP contribution < -0.4 is 14.0 Å². The number of aryl methyl sites for hydroxylation is 1. The number of imidazole rings is 1. The molecule has 1 heterocycles. The number of para-hydroxylation sites is 2. The van der Waals surface area contributed by atoms with Crippen molar-refractivity contribution in [3.63, 3.8) is 0 Å². The molecule has 0 amide bonds. The van der Waals surface area contributed by atoms with Crippen molar-refractivity contribution >= 4 is 11.0 Å². The quantitative estimate of drug-likeness (QED) is 0.632. The van der Waals surface area contributed by atoms with Crippen molar-refractivity contribution in [3.05, 3.63) is 54.4 Å². The van der Waals surface area contributed by atoms with Crippen LogP contribution in [0.5, 0.6) is 11.5 Å². The Morgan fingerprint density at radius 1 is 1.08 bits per heavy atom. The number of rotatable bonds is 8. The summed E-state index contributed by atoms with van der Waals surface area (Å²) in [5, 5.41) is 10.6. The predicted molar refractivity (Wildman–Crippen MR) is 102 cm³/mol. The molecule has 5 nitrogen and oxygen atoms in total. The van der Waals surface area contributed by atoms with Crippen LogP contribution in [0.1, 0.15) is 19.7 Å². The van der Waals surface area contributed by atoms with Crippen molar-refractivity contribution in [2.75, 3.05) is 13.7 Å². The van der Waals surface area contributed by atoms with Crippen molar-refractivity contribution in [2.24, 2.45) is 0 Å². The van der Waals surface area contributed by atoms with E-state index in [9.17, 15) is 5.11 Å². The number of hydrogen-bond donors (Lipinski definition) is 1. The van der Waals surface area contributed by atoms with Gasteiger partial charge in [0.25, 0.3) is 5.82 Å². The number of aliphatic hydroxyl groups excluding tert-OH is 1. The van der Waals surface area contributed by atoms with Crippen molar-refractivity contribution in [1.82, 2.24) is 4.57 Å². The van der Waals surface area contributed by atoms with Gasteiger partial charge in [0, 0.05) is 12.5 Å². The number of hydrogen-bond acceptors (Lipinski definition) is 3. The first-order valence-electron chi connectivity index (χ1n) is 9.12. The number of fused-ring (bicyclic) bond motifs is 1. The Bertz CT molecular complexity index is 873. The molecule has 0 bridgehead atoms. The van der Waals surface area contributed by atoms with Crippen LogP contribution in [0, 0.1) is 0 Å². The maximum absolute atomic E-state index is 10.6. The Kier molecular flexibility index (Phi) is 5.78. The van der Waals surface area contributed by atoms with Gasteiger partial charge in [-0.05, 0) is 31.2 Å². The molecular weight excluding hydrogens is 328 g/mol. The summed E-state index contributed by atoms with van der Waals surface area (Å²) in [6, 6.07) is 15.8. The van der Waals surface area contributed by atoms with E-state index in [2.05, 4.69) is 41.2 Å². The lowest BCUT2D eigenvalue weighted by atomic mass is 10.3. The van der Waals surface area contributed by atoms with Crippen LogP contribution in [-0.2, 0) is 19.5 Å². The fourth-order valence-electron chi connectivity index (χ4n) is 3.43. The van der Waals surface area contributed by atoms with E-state index in [-0.39, 0.29) is 6.61 Å². The summed E-state index contributed by atoms with van der Waals surface area (Å²) in [5.41, 5.74) is 2.35. The van der Waals surface area contributed by atoms with Gasteiger partial charge in [0.1, 0.15) is 30.8 Å². The van der Waals surface area contributed by atoms with Gasteiger partial charge in [-0.1, -0.05) is 25.1 Å². The Morgan fingerprint density at radius 2 is 1.85 bits per heavy atom. The van der Waals surface area contributed by atoms with Crippen LogP contribution in [0.15, 0.2) is 48.5 Å². The second-order valence-corrected chi connectivity index (χ2v) is 6.26. The second-order valence-electron chi connectivity index (χ2n) is 6.26. The van der Waals surface area contributed by atoms with Crippen LogP contribution in [0.25, 0.3) is 11.0 Å². The number of aliphatic hydroxyl groups is 1. The molecule has 0 saturated carbocycles. The minimum atomic E-state index is -0.604.